The summed E-state index contributed by atoms with van der Waals surface area (Å²) in [5.74, 6) is 4.25. The van der Waals surface area contributed by atoms with Gasteiger partial charge in [0.2, 0.25) is 0 Å². The zero-order chi connectivity index (χ0) is 9.43. The van der Waals surface area contributed by atoms with Gasteiger partial charge in [-0.3, -0.25) is 0 Å². The van der Waals surface area contributed by atoms with Crippen LogP contribution in [0.15, 0.2) is 0 Å². The summed E-state index contributed by atoms with van der Waals surface area (Å²) in [6.07, 6.45) is 4.73. The topological polar surface area (TPSA) is 0 Å². The van der Waals surface area contributed by atoms with Crippen LogP contribution in [0.4, 0.5) is 0 Å². The molecular weight excluding hydrogens is 154 g/mol. The molecule has 70 valence electrons. The third-order valence-electron chi connectivity index (χ3n) is 6.05. The van der Waals surface area contributed by atoms with E-state index in [1.54, 1.807) is 19.3 Å². The molecule has 0 bridgehead atoms. The van der Waals surface area contributed by atoms with Gasteiger partial charge in [0.05, 0.1) is 15.7 Å². The van der Waals surface area contributed by atoms with E-state index < -0.39 is 0 Å². The smallest absolute Gasteiger partial charge is 0.0790 e. The first kappa shape index (κ1) is 8.44. The molecule has 0 aliphatic heterocycles. The Morgan fingerprint density at radius 2 is 2.00 bits per heavy atom. The maximum atomic E-state index is 2.50. The highest BCUT2D eigenvalue weighted by atomic mass is 14.8. The summed E-state index contributed by atoms with van der Waals surface area (Å²) in [5, 5.41) is 0.607. The minimum atomic E-state index is 0.607. The molecule has 3 rings (SSSR count). The molecule has 0 saturated heterocycles. The average molecular weight is 174 g/mol. The van der Waals surface area contributed by atoms with Crippen LogP contribution in [-0.4, -0.2) is 15.7 Å². The number of hydrogen-bond donors (Lipinski definition) is 0. The Kier molecular flexibility index (Phi) is 1.33. The van der Waals surface area contributed by atoms with E-state index in [1.165, 1.54) is 0 Å². The van der Waals surface area contributed by atoms with Crippen molar-refractivity contribution in [1.82, 2.24) is 0 Å². The molecule has 3 saturated carbocycles. The molecule has 0 aromatic carbocycles. The lowest BCUT2D eigenvalue weighted by Crippen LogP contribution is -2.53. The summed E-state index contributed by atoms with van der Waals surface area (Å²) >= 11 is 0. The second kappa shape index (κ2) is 2.04. The van der Waals surface area contributed by atoms with Crippen LogP contribution in [0.1, 0.15) is 33.1 Å². The summed E-state index contributed by atoms with van der Waals surface area (Å²) in [5.41, 5.74) is 0.941. The van der Waals surface area contributed by atoms with Crippen molar-refractivity contribution < 1.29 is 0 Å². The van der Waals surface area contributed by atoms with Crippen LogP contribution in [0.3, 0.4) is 0 Å². The minimum Gasteiger partial charge on any atom is -0.0790 e. The second-order valence-electron chi connectivity index (χ2n) is 6.69. The largest absolute Gasteiger partial charge is 0.0999 e. The summed E-state index contributed by atoms with van der Waals surface area (Å²) < 4.78 is 0. The van der Waals surface area contributed by atoms with Gasteiger partial charge in [-0.15, -0.1) is 0 Å². The summed E-state index contributed by atoms with van der Waals surface area (Å²) in [4.78, 5) is 0. The lowest BCUT2D eigenvalue weighted by Gasteiger charge is -2.60. The van der Waals surface area contributed by atoms with E-state index >= 15 is 0 Å². The second-order valence-corrected chi connectivity index (χ2v) is 6.69. The fraction of sp³-hybridized carbons (Fsp3) is 1.00. The molecule has 0 aromatic heterocycles. The van der Waals surface area contributed by atoms with Gasteiger partial charge in [-0.1, -0.05) is 25.0 Å². The van der Waals surface area contributed by atoms with Crippen molar-refractivity contribution in [3.05, 3.63) is 0 Å². The number of rotatable bonds is 2. The Labute approximate surface area is 83.7 Å². The predicted molar refractivity (Wildman–Crippen MR) is 61.4 cm³/mol. The van der Waals surface area contributed by atoms with Crippen LogP contribution in [0.2, 0.25) is 5.21 Å². The van der Waals surface area contributed by atoms with Crippen LogP contribution < -0.4 is 0 Å². The first-order chi connectivity index (χ1) is 6.00. The Bertz CT molecular complexity index is 259. The van der Waals surface area contributed by atoms with Gasteiger partial charge in [-0.2, -0.15) is 0 Å². The van der Waals surface area contributed by atoms with Crippen molar-refractivity contribution in [1.29, 1.82) is 0 Å². The van der Waals surface area contributed by atoms with Gasteiger partial charge < -0.3 is 0 Å². The molecular formula is C11H20B2. The monoisotopic (exact) mass is 174 g/mol. The number of hydrogen-bond acceptors (Lipinski definition) is 0. The van der Waals surface area contributed by atoms with Crippen LogP contribution in [0.25, 0.3) is 0 Å². The third kappa shape index (κ3) is 0.736. The van der Waals surface area contributed by atoms with Gasteiger partial charge in [0.15, 0.2) is 0 Å². The first-order valence-corrected chi connectivity index (χ1v) is 6.00. The quantitative estimate of drug-likeness (QED) is 0.549. The predicted octanol–water partition coefficient (Wildman–Crippen LogP) is 1.07. The Hall–Kier alpha value is 0.130. The zero-order valence-electron chi connectivity index (χ0n) is 9.43. The van der Waals surface area contributed by atoms with Crippen LogP contribution >= 0.6 is 0 Å². The molecule has 1 spiro atoms. The van der Waals surface area contributed by atoms with E-state index in [-0.39, 0.29) is 0 Å². The molecule has 4 atom stereocenters. The summed E-state index contributed by atoms with van der Waals surface area (Å²) in [6.45, 7) is 4.81. The van der Waals surface area contributed by atoms with E-state index in [1.807, 2.05) is 0 Å². The highest BCUT2D eigenvalue weighted by Gasteiger charge is 2.78. The molecule has 0 aromatic rings. The van der Waals surface area contributed by atoms with Crippen molar-refractivity contribution in [2.75, 3.05) is 0 Å². The highest BCUT2D eigenvalue weighted by Crippen LogP contribution is 2.86. The zero-order valence-corrected chi connectivity index (χ0v) is 9.43. The summed E-state index contributed by atoms with van der Waals surface area (Å²) in [7, 11) is 5.01. The molecule has 3 aliphatic carbocycles. The lowest BCUT2D eigenvalue weighted by atomic mass is 9.33. The molecule has 0 N–H and O–H groups in total. The van der Waals surface area contributed by atoms with Crippen molar-refractivity contribution in [2.24, 2.45) is 29.1 Å². The van der Waals surface area contributed by atoms with Gasteiger partial charge in [0, 0.05) is 0 Å². The highest BCUT2D eigenvalue weighted by molar-refractivity contribution is 6.40. The Morgan fingerprint density at radius 3 is 2.31 bits per heavy atom. The van der Waals surface area contributed by atoms with Crippen molar-refractivity contribution >= 4 is 15.7 Å². The molecule has 0 amide bonds. The SMILES string of the molecule is BC(B)(C(C)C)C1C2CCC23CC13. The van der Waals surface area contributed by atoms with E-state index in [4.69, 9.17) is 0 Å². The molecule has 3 fully saturated rings. The molecule has 0 heterocycles. The van der Waals surface area contributed by atoms with Crippen LogP contribution in [0, 0.1) is 29.1 Å². The van der Waals surface area contributed by atoms with Crippen molar-refractivity contribution in [3.8, 4) is 0 Å². The van der Waals surface area contributed by atoms with E-state index in [9.17, 15) is 0 Å². The normalized spacial score (nSPS) is 51.8. The molecule has 0 radical (unpaired) electrons. The fourth-order valence-electron chi connectivity index (χ4n) is 4.35. The molecule has 4 unspecified atom stereocenters. The van der Waals surface area contributed by atoms with E-state index in [0.29, 0.717) is 5.21 Å². The minimum absolute atomic E-state index is 0.607. The van der Waals surface area contributed by atoms with E-state index in [0.717, 1.165) is 29.1 Å². The van der Waals surface area contributed by atoms with Crippen molar-refractivity contribution in [2.45, 2.75) is 38.3 Å². The van der Waals surface area contributed by atoms with Gasteiger partial charge in [0.1, 0.15) is 0 Å². The maximum absolute atomic E-state index is 2.50. The molecule has 0 nitrogen and oxygen atoms in total. The van der Waals surface area contributed by atoms with Gasteiger partial charge in [-0.25, -0.2) is 0 Å². The molecule has 3 aliphatic rings. The standard InChI is InChI=1S/C11H20B2/c1-6(2)11(12,13)9-7-3-4-10(7)5-8(9)10/h6-9H,3-5,12-13H2,1-2H3. The first-order valence-electron chi connectivity index (χ1n) is 6.00. The third-order valence-corrected chi connectivity index (χ3v) is 6.05. The van der Waals surface area contributed by atoms with Crippen LogP contribution in [-0.2, 0) is 0 Å². The average Bonchev–Trinajstić information content (AvgIpc) is 2.71. The van der Waals surface area contributed by atoms with E-state index in [2.05, 4.69) is 29.5 Å². The Morgan fingerprint density at radius 1 is 1.31 bits per heavy atom. The molecule has 2 heteroatoms. The maximum Gasteiger partial charge on any atom is 0.0999 e. The summed E-state index contributed by atoms with van der Waals surface area (Å²) in [6, 6.07) is 0. The Balaban J connectivity index is 1.81. The van der Waals surface area contributed by atoms with Gasteiger partial charge >= 0.3 is 0 Å². The lowest BCUT2D eigenvalue weighted by molar-refractivity contribution is -0.0570. The fourth-order valence-corrected chi connectivity index (χ4v) is 4.35. The van der Waals surface area contributed by atoms with Crippen LogP contribution in [0.5, 0.6) is 0 Å². The molecule has 13 heavy (non-hydrogen) atoms. The van der Waals surface area contributed by atoms with Gasteiger partial charge in [0.25, 0.3) is 0 Å². The van der Waals surface area contributed by atoms with Crippen molar-refractivity contribution in [3.63, 3.8) is 0 Å². The van der Waals surface area contributed by atoms with Gasteiger partial charge in [-0.05, 0) is 42.4 Å².